The summed E-state index contributed by atoms with van der Waals surface area (Å²) < 4.78 is 58.7. The molecule has 0 aromatic heterocycles. The van der Waals surface area contributed by atoms with Crippen molar-refractivity contribution in [1.29, 1.82) is 5.26 Å². The number of ether oxygens (including phenoxy) is 1. The van der Waals surface area contributed by atoms with E-state index in [1.54, 1.807) is 0 Å². The van der Waals surface area contributed by atoms with Crippen LogP contribution in [0.2, 0.25) is 0 Å². The molecule has 1 atom stereocenters. The fraction of sp³-hybridized carbons (Fsp3) is 0.188. The Morgan fingerprint density at radius 1 is 1.00 bits per heavy atom. The van der Waals surface area contributed by atoms with Gasteiger partial charge in [-0.3, -0.25) is 0 Å². The number of alkyl halides is 3. The summed E-state index contributed by atoms with van der Waals surface area (Å²) in [6.07, 6.45) is -4.92. The minimum atomic E-state index is -4.92. The van der Waals surface area contributed by atoms with Crippen molar-refractivity contribution in [3.63, 3.8) is 0 Å². The second-order valence-corrected chi connectivity index (χ2v) is 4.72. The summed E-state index contributed by atoms with van der Waals surface area (Å²) in [4.78, 5) is 0. The Morgan fingerprint density at radius 3 is 2.00 bits per heavy atom. The molecule has 0 spiro atoms. The molecule has 2 aromatic rings. The third-order valence-electron chi connectivity index (χ3n) is 3.29. The van der Waals surface area contributed by atoms with Crippen LogP contribution in [-0.2, 0) is 5.54 Å². The summed E-state index contributed by atoms with van der Waals surface area (Å²) in [6.45, 7) is 0. The van der Waals surface area contributed by atoms with Crippen molar-refractivity contribution in [1.82, 2.24) is 0 Å². The maximum atomic E-state index is 13.6. The second-order valence-electron chi connectivity index (χ2n) is 4.72. The maximum Gasteiger partial charge on any atom is 0.429 e. The highest BCUT2D eigenvalue weighted by molar-refractivity contribution is 5.54. The number of nitriles is 1. The Bertz CT molecular complexity index is 705. The highest BCUT2D eigenvalue weighted by Gasteiger charge is 2.57. The predicted octanol–water partition coefficient (Wildman–Crippen LogP) is 4.23. The number of hydrogen-bond donors (Lipinski definition) is 1. The molecule has 120 valence electrons. The maximum absolute atomic E-state index is 13.6. The molecule has 0 saturated heterocycles. The molecule has 2 aromatic carbocycles. The molecule has 0 bridgehead atoms. The van der Waals surface area contributed by atoms with Gasteiger partial charge in [0.15, 0.2) is 0 Å². The highest BCUT2D eigenvalue weighted by Crippen LogP contribution is 2.41. The first-order valence-corrected chi connectivity index (χ1v) is 6.48. The molecule has 0 fully saturated rings. The van der Waals surface area contributed by atoms with Crippen LogP contribution in [0.3, 0.4) is 0 Å². The van der Waals surface area contributed by atoms with Gasteiger partial charge in [-0.15, -0.1) is 0 Å². The van der Waals surface area contributed by atoms with Crippen LogP contribution in [0.4, 0.5) is 23.2 Å². The van der Waals surface area contributed by atoms with E-state index in [9.17, 15) is 22.8 Å². The molecule has 0 saturated carbocycles. The van der Waals surface area contributed by atoms with Crippen LogP contribution in [0, 0.1) is 17.1 Å². The Labute approximate surface area is 130 Å². The van der Waals surface area contributed by atoms with E-state index in [2.05, 4.69) is 5.32 Å². The molecule has 0 aliphatic carbocycles. The summed E-state index contributed by atoms with van der Waals surface area (Å²) in [5.74, 6) is -0.223. The average Bonchev–Trinajstić information content (AvgIpc) is 2.53. The van der Waals surface area contributed by atoms with Crippen molar-refractivity contribution in [2.24, 2.45) is 0 Å². The number of halogens is 4. The molecule has 2 rings (SSSR count). The van der Waals surface area contributed by atoms with Gasteiger partial charge < -0.3 is 10.1 Å². The topological polar surface area (TPSA) is 45.0 Å². The fourth-order valence-electron chi connectivity index (χ4n) is 2.05. The molecule has 0 heterocycles. The second kappa shape index (κ2) is 6.16. The lowest BCUT2D eigenvalue weighted by Crippen LogP contribution is -2.47. The SMILES string of the molecule is COc1ccc(NC(C#N)(c2ccc(F)cc2)C(F)(F)F)cc1. The summed E-state index contributed by atoms with van der Waals surface area (Å²) >= 11 is 0. The fourth-order valence-corrected chi connectivity index (χ4v) is 2.05. The summed E-state index contributed by atoms with van der Waals surface area (Å²) in [6, 6.07) is 10.6. The summed E-state index contributed by atoms with van der Waals surface area (Å²) in [7, 11) is 1.43. The van der Waals surface area contributed by atoms with E-state index in [0.29, 0.717) is 5.75 Å². The van der Waals surface area contributed by atoms with Crippen LogP contribution >= 0.6 is 0 Å². The van der Waals surface area contributed by atoms with Gasteiger partial charge in [-0.05, 0) is 36.4 Å². The molecule has 0 aliphatic heterocycles. The van der Waals surface area contributed by atoms with E-state index in [4.69, 9.17) is 4.74 Å². The highest BCUT2D eigenvalue weighted by atomic mass is 19.4. The molecule has 1 N–H and O–H groups in total. The van der Waals surface area contributed by atoms with E-state index in [-0.39, 0.29) is 5.69 Å². The van der Waals surface area contributed by atoms with Crippen molar-refractivity contribution in [2.45, 2.75) is 11.7 Å². The Morgan fingerprint density at radius 2 is 1.57 bits per heavy atom. The third kappa shape index (κ3) is 3.21. The monoisotopic (exact) mass is 324 g/mol. The minimum Gasteiger partial charge on any atom is -0.497 e. The lowest BCUT2D eigenvalue weighted by Gasteiger charge is -2.31. The zero-order valence-electron chi connectivity index (χ0n) is 12.0. The summed E-state index contributed by atoms with van der Waals surface area (Å²) in [5.41, 5.74) is -3.31. The van der Waals surface area contributed by atoms with E-state index < -0.39 is 23.1 Å². The van der Waals surface area contributed by atoms with Gasteiger partial charge in [0.05, 0.1) is 7.11 Å². The number of nitrogens with zero attached hydrogens (tertiary/aromatic N) is 1. The molecule has 1 unspecified atom stereocenters. The number of anilines is 1. The van der Waals surface area contributed by atoms with Crippen LogP contribution in [0.25, 0.3) is 0 Å². The van der Waals surface area contributed by atoms with Crippen molar-refractivity contribution >= 4 is 5.69 Å². The first-order chi connectivity index (χ1) is 10.8. The normalized spacial score (nSPS) is 13.7. The first kappa shape index (κ1) is 16.6. The molecule has 23 heavy (non-hydrogen) atoms. The molecule has 0 radical (unpaired) electrons. The van der Waals surface area contributed by atoms with Crippen molar-refractivity contribution in [3.8, 4) is 11.8 Å². The third-order valence-corrected chi connectivity index (χ3v) is 3.29. The molecule has 0 aliphatic rings. The van der Waals surface area contributed by atoms with Gasteiger partial charge in [-0.2, -0.15) is 18.4 Å². The van der Waals surface area contributed by atoms with Crippen LogP contribution in [0.5, 0.6) is 5.75 Å². The van der Waals surface area contributed by atoms with Crippen LogP contribution < -0.4 is 10.1 Å². The number of methoxy groups -OCH3 is 1. The Kier molecular flexibility index (Phi) is 4.45. The van der Waals surface area contributed by atoms with Gasteiger partial charge in [-0.1, -0.05) is 12.1 Å². The van der Waals surface area contributed by atoms with E-state index in [1.807, 2.05) is 0 Å². The Balaban J connectivity index is 2.49. The quantitative estimate of drug-likeness (QED) is 0.856. The van der Waals surface area contributed by atoms with Gasteiger partial charge >= 0.3 is 6.18 Å². The average molecular weight is 324 g/mol. The lowest BCUT2D eigenvalue weighted by molar-refractivity contribution is -0.165. The zero-order valence-corrected chi connectivity index (χ0v) is 12.0. The van der Waals surface area contributed by atoms with Crippen molar-refractivity contribution < 1.29 is 22.3 Å². The number of nitrogens with one attached hydrogen (secondary N) is 1. The molecule has 7 heteroatoms. The van der Waals surface area contributed by atoms with Crippen LogP contribution in [0.15, 0.2) is 48.5 Å². The van der Waals surface area contributed by atoms with Crippen LogP contribution in [-0.4, -0.2) is 13.3 Å². The molecular formula is C16H12F4N2O. The van der Waals surface area contributed by atoms with Gasteiger partial charge in [0, 0.05) is 11.3 Å². The lowest BCUT2D eigenvalue weighted by atomic mass is 9.90. The zero-order chi connectivity index (χ0) is 17.1. The summed E-state index contributed by atoms with van der Waals surface area (Å²) in [5, 5.41) is 11.5. The van der Waals surface area contributed by atoms with Gasteiger partial charge in [0.1, 0.15) is 17.6 Å². The predicted molar refractivity (Wildman–Crippen MR) is 76.4 cm³/mol. The van der Waals surface area contributed by atoms with Crippen molar-refractivity contribution in [2.75, 3.05) is 12.4 Å². The Hall–Kier alpha value is -2.75. The minimum absolute atomic E-state index is 0.0778. The molecule has 3 nitrogen and oxygen atoms in total. The van der Waals surface area contributed by atoms with Gasteiger partial charge in [-0.25, -0.2) is 4.39 Å². The van der Waals surface area contributed by atoms with E-state index >= 15 is 0 Å². The van der Waals surface area contributed by atoms with Crippen LogP contribution in [0.1, 0.15) is 5.56 Å². The largest absolute Gasteiger partial charge is 0.497 e. The smallest absolute Gasteiger partial charge is 0.429 e. The van der Waals surface area contributed by atoms with E-state index in [0.717, 1.165) is 24.3 Å². The number of benzene rings is 2. The number of hydrogen-bond acceptors (Lipinski definition) is 3. The number of rotatable bonds is 4. The van der Waals surface area contributed by atoms with Crippen molar-refractivity contribution in [3.05, 3.63) is 59.9 Å². The first-order valence-electron chi connectivity index (χ1n) is 6.48. The molecule has 0 amide bonds. The standard InChI is InChI=1S/C16H12F4N2O/c1-23-14-8-6-13(7-9-14)22-15(10-21,16(18,19)20)11-2-4-12(17)5-3-11/h2-9,22H,1H3. The van der Waals surface area contributed by atoms with Gasteiger partial charge in [0.2, 0.25) is 5.54 Å². The molecular weight excluding hydrogens is 312 g/mol. The van der Waals surface area contributed by atoms with Gasteiger partial charge in [0.25, 0.3) is 0 Å². The van der Waals surface area contributed by atoms with E-state index in [1.165, 1.54) is 37.4 Å².